The molecule has 0 bridgehead atoms. The lowest BCUT2D eigenvalue weighted by Crippen LogP contribution is -2.28. The number of thiol groups is 1. The number of hydrogen-bond acceptors (Lipinski definition) is 3. The number of amides is 1. The first-order valence-corrected chi connectivity index (χ1v) is 6.10. The molecule has 4 nitrogen and oxygen atoms in total. The summed E-state index contributed by atoms with van der Waals surface area (Å²) in [6, 6.07) is 1.89. The number of carbonyl (C=O) groups is 1. The molecule has 0 aliphatic carbocycles. The third-order valence-corrected chi connectivity index (χ3v) is 2.96. The molecule has 0 radical (unpaired) electrons. The number of rotatable bonds is 3. The summed E-state index contributed by atoms with van der Waals surface area (Å²) < 4.78 is 1.90. The Hall–Kier alpha value is -0.970. The van der Waals surface area contributed by atoms with E-state index in [0.717, 1.165) is 12.4 Å². The smallest absolute Gasteiger partial charge is 0.229 e. The van der Waals surface area contributed by atoms with Crippen LogP contribution in [0.1, 0.15) is 20.3 Å². The van der Waals surface area contributed by atoms with E-state index in [1.165, 1.54) is 0 Å². The van der Waals surface area contributed by atoms with Gasteiger partial charge in [-0.1, -0.05) is 13.8 Å². The monoisotopic (exact) mass is 239 g/mol. The molecular weight excluding hydrogens is 222 g/mol. The first kappa shape index (κ1) is 11.5. The molecule has 0 N–H and O–H groups in total. The Balaban J connectivity index is 2.20. The molecule has 1 aromatic rings. The quantitative estimate of drug-likeness (QED) is 0.813. The molecule has 1 saturated heterocycles. The second kappa shape index (κ2) is 4.49. The molecule has 1 unspecified atom stereocenters. The van der Waals surface area contributed by atoms with Crippen molar-refractivity contribution < 1.29 is 4.79 Å². The highest BCUT2D eigenvalue weighted by atomic mass is 32.1. The number of hydrogen-bond donors (Lipinski definition) is 1. The fourth-order valence-corrected chi connectivity index (χ4v) is 2.27. The van der Waals surface area contributed by atoms with Crippen LogP contribution in [-0.2, 0) is 11.3 Å². The van der Waals surface area contributed by atoms with Crippen LogP contribution in [0, 0.1) is 5.92 Å². The fraction of sp³-hybridized carbons (Fsp3) is 0.636. The van der Waals surface area contributed by atoms with Gasteiger partial charge in [-0.15, -0.1) is 0 Å². The Morgan fingerprint density at radius 3 is 2.94 bits per heavy atom. The van der Waals surface area contributed by atoms with Gasteiger partial charge in [-0.05, 0) is 5.92 Å². The standard InChI is InChI=1S/C11H17N3OS/c1-8(2)6-14-10(3-4-12-14)13-7-9(16)5-11(13)15/h3-4,8-9,16H,5-7H2,1-2H3. The first-order chi connectivity index (χ1) is 7.58. The van der Waals surface area contributed by atoms with Gasteiger partial charge in [0.2, 0.25) is 5.91 Å². The minimum atomic E-state index is 0.144. The Morgan fingerprint density at radius 1 is 1.62 bits per heavy atom. The Bertz CT molecular complexity index is 388. The molecule has 2 rings (SSSR count). The van der Waals surface area contributed by atoms with Crippen LogP contribution in [-0.4, -0.2) is 27.5 Å². The van der Waals surface area contributed by atoms with E-state index in [0.29, 0.717) is 18.9 Å². The zero-order valence-electron chi connectivity index (χ0n) is 9.63. The summed E-state index contributed by atoms with van der Waals surface area (Å²) in [6.45, 7) is 5.80. The van der Waals surface area contributed by atoms with E-state index < -0.39 is 0 Å². The lowest BCUT2D eigenvalue weighted by atomic mass is 10.2. The number of carbonyl (C=O) groups excluding carboxylic acids is 1. The highest BCUT2D eigenvalue weighted by Gasteiger charge is 2.30. The summed E-state index contributed by atoms with van der Waals surface area (Å²) in [4.78, 5) is 13.5. The summed E-state index contributed by atoms with van der Waals surface area (Å²) in [7, 11) is 0. The molecule has 88 valence electrons. The van der Waals surface area contributed by atoms with Crippen LogP contribution in [0.3, 0.4) is 0 Å². The van der Waals surface area contributed by atoms with E-state index in [1.54, 1.807) is 11.1 Å². The van der Waals surface area contributed by atoms with Crippen molar-refractivity contribution in [3.63, 3.8) is 0 Å². The van der Waals surface area contributed by atoms with Crippen molar-refractivity contribution >= 4 is 24.4 Å². The van der Waals surface area contributed by atoms with Crippen LogP contribution < -0.4 is 4.90 Å². The molecule has 1 atom stereocenters. The summed E-state index contributed by atoms with van der Waals surface area (Å²) in [5, 5.41) is 4.41. The van der Waals surface area contributed by atoms with Gasteiger partial charge in [-0.2, -0.15) is 17.7 Å². The van der Waals surface area contributed by atoms with Crippen LogP contribution in [0.2, 0.25) is 0 Å². The lowest BCUT2D eigenvalue weighted by Gasteiger charge is -2.18. The maximum Gasteiger partial charge on any atom is 0.229 e. The maximum absolute atomic E-state index is 11.8. The second-order valence-corrected chi connectivity index (χ2v) is 5.36. The molecule has 1 aliphatic rings. The predicted octanol–water partition coefficient (Wildman–Crippen LogP) is 1.57. The van der Waals surface area contributed by atoms with Gasteiger partial charge in [-0.3, -0.25) is 9.69 Å². The average molecular weight is 239 g/mol. The molecule has 1 amide bonds. The average Bonchev–Trinajstić information content (AvgIpc) is 2.72. The van der Waals surface area contributed by atoms with Crippen molar-refractivity contribution in [2.24, 2.45) is 5.92 Å². The van der Waals surface area contributed by atoms with Crippen LogP contribution in [0.4, 0.5) is 5.82 Å². The molecular formula is C11H17N3OS. The summed E-state index contributed by atoms with van der Waals surface area (Å²) >= 11 is 4.35. The fourth-order valence-electron chi connectivity index (χ4n) is 1.95. The Labute approximate surface area is 101 Å². The topological polar surface area (TPSA) is 38.1 Å². The van der Waals surface area contributed by atoms with Gasteiger partial charge in [0.05, 0.1) is 6.20 Å². The lowest BCUT2D eigenvalue weighted by molar-refractivity contribution is -0.117. The maximum atomic E-state index is 11.8. The second-order valence-electron chi connectivity index (χ2n) is 4.63. The van der Waals surface area contributed by atoms with Gasteiger partial charge in [0.25, 0.3) is 0 Å². The third-order valence-electron chi connectivity index (χ3n) is 2.61. The highest BCUT2D eigenvalue weighted by molar-refractivity contribution is 7.81. The summed E-state index contributed by atoms with van der Waals surface area (Å²) in [5.41, 5.74) is 0. The Kier molecular flexibility index (Phi) is 3.23. The van der Waals surface area contributed by atoms with E-state index in [2.05, 4.69) is 31.6 Å². The molecule has 1 fully saturated rings. The SMILES string of the molecule is CC(C)Cn1nccc1N1CC(S)CC1=O. The van der Waals surface area contributed by atoms with Crippen LogP contribution in [0.25, 0.3) is 0 Å². The minimum absolute atomic E-state index is 0.144. The van der Waals surface area contributed by atoms with Crippen LogP contribution in [0.5, 0.6) is 0 Å². The minimum Gasteiger partial charge on any atom is -0.296 e. The molecule has 16 heavy (non-hydrogen) atoms. The molecule has 0 aromatic carbocycles. The van der Waals surface area contributed by atoms with Crippen LogP contribution in [0.15, 0.2) is 12.3 Å². The van der Waals surface area contributed by atoms with Gasteiger partial charge in [0, 0.05) is 30.8 Å². The van der Waals surface area contributed by atoms with Crippen LogP contribution >= 0.6 is 12.6 Å². The van der Waals surface area contributed by atoms with Gasteiger partial charge >= 0.3 is 0 Å². The molecule has 0 saturated carbocycles. The Morgan fingerprint density at radius 2 is 2.38 bits per heavy atom. The number of anilines is 1. The van der Waals surface area contributed by atoms with Gasteiger partial charge in [0.1, 0.15) is 5.82 Å². The predicted molar refractivity (Wildman–Crippen MR) is 66.8 cm³/mol. The molecule has 1 aromatic heterocycles. The van der Waals surface area contributed by atoms with Crippen molar-refractivity contribution in [3.05, 3.63) is 12.3 Å². The van der Waals surface area contributed by atoms with Gasteiger partial charge in [-0.25, -0.2) is 4.68 Å². The normalized spacial score (nSPS) is 21.1. The zero-order valence-corrected chi connectivity index (χ0v) is 10.5. The molecule has 0 spiro atoms. The van der Waals surface area contributed by atoms with E-state index in [9.17, 15) is 4.79 Å². The zero-order chi connectivity index (χ0) is 11.7. The first-order valence-electron chi connectivity index (χ1n) is 5.58. The van der Waals surface area contributed by atoms with E-state index in [1.807, 2.05) is 10.7 Å². The molecule has 2 heterocycles. The highest BCUT2D eigenvalue weighted by Crippen LogP contribution is 2.24. The summed E-state index contributed by atoms with van der Waals surface area (Å²) in [5.74, 6) is 1.56. The molecule has 1 aliphatic heterocycles. The van der Waals surface area contributed by atoms with Crippen molar-refractivity contribution in [1.82, 2.24) is 9.78 Å². The van der Waals surface area contributed by atoms with Gasteiger partial charge in [0.15, 0.2) is 0 Å². The number of nitrogens with zero attached hydrogens (tertiary/aromatic N) is 3. The van der Waals surface area contributed by atoms with Crippen molar-refractivity contribution in [2.75, 3.05) is 11.4 Å². The largest absolute Gasteiger partial charge is 0.296 e. The number of aromatic nitrogens is 2. The van der Waals surface area contributed by atoms with E-state index in [4.69, 9.17) is 0 Å². The van der Waals surface area contributed by atoms with Crippen molar-refractivity contribution in [2.45, 2.75) is 32.1 Å². The van der Waals surface area contributed by atoms with Crippen molar-refractivity contribution in [1.29, 1.82) is 0 Å². The van der Waals surface area contributed by atoms with Crippen molar-refractivity contribution in [3.8, 4) is 0 Å². The van der Waals surface area contributed by atoms with E-state index in [-0.39, 0.29) is 11.2 Å². The molecule has 5 heteroatoms. The summed E-state index contributed by atoms with van der Waals surface area (Å²) in [6.07, 6.45) is 2.27. The van der Waals surface area contributed by atoms with E-state index >= 15 is 0 Å². The van der Waals surface area contributed by atoms with Gasteiger partial charge < -0.3 is 0 Å². The third kappa shape index (κ3) is 2.24.